The molecule has 0 aliphatic rings. The molecule has 0 bridgehead atoms. The molecular formula is C10H13BrOS2. The monoisotopic (exact) mass is 292 g/mol. The van der Waals surface area contributed by atoms with Crippen LogP contribution in [-0.4, -0.2) is 16.8 Å². The van der Waals surface area contributed by atoms with Crippen molar-refractivity contribution in [3.8, 4) is 0 Å². The van der Waals surface area contributed by atoms with Gasteiger partial charge in [-0.05, 0) is 33.3 Å². The summed E-state index contributed by atoms with van der Waals surface area (Å²) >= 11 is 6.73. The number of thiophene rings is 1. The maximum Gasteiger partial charge on any atom is 0.147 e. The van der Waals surface area contributed by atoms with Gasteiger partial charge in [-0.1, -0.05) is 13.8 Å². The van der Waals surface area contributed by atoms with Gasteiger partial charge in [-0.15, -0.1) is 11.3 Å². The third kappa shape index (κ3) is 4.62. The Hall–Kier alpha value is 0.200. The van der Waals surface area contributed by atoms with E-state index >= 15 is 0 Å². The van der Waals surface area contributed by atoms with E-state index in [9.17, 15) is 4.79 Å². The van der Waals surface area contributed by atoms with E-state index in [-0.39, 0.29) is 0 Å². The van der Waals surface area contributed by atoms with E-state index in [2.05, 4.69) is 29.8 Å². The summed E-state index contributed by atoms with van der Waals surface area (Å²) in [5, 5.41) is 0.536. The van der Waals surface area contributed by atoms with E-state index in [0.29, 0.717) is 23.2 Å². The van der Waals surface area contributed by atoms with E-state index in [0.717, 1.165) is 8.66 Å². The number of ketones is 1. The van der Waals surface area contributed by atoms with E-state index in [1.165, 1.54) is 0 Å². The van der Waals surface area contributed by atoms with Gasteiger partial charge in [0.1, 0.15) is 5.78 Å². The lowest BCUT2D eigenvalue weighted by atomic mass is 10.3. The van der Waals surface area contributed by atoms with Gasteiger partial charge in [-0.25, -0.2) is 0 Å². The molecule has 0 saturated heterocycles. The molecule has 0 atom stereocenters. The summed E-state index contributed by atoms with van der Waals surface area (Å²) in [5.74, 6) is 0.950. The van der Waals surface area contributed by atoms with Crippen molar-refractivity contribution >= 4 is 44.8 Å². The highest BCUT2D eigenvalue weighted by Crippen LogP contribution is 2.23. The molecule has 0 amide bonds. The predicted octanol–water partition coefficient (Wildman–Crippen LogP) is 3.76. The fourth-order valence-corrected chi connectivity index (χ4v) is 3.08. The van der Waals surface area contributed by atoms with Crippen LogP contribution in [-0.2, 0) is 11.2 Å². The summed E-state index contributed by atoms with van der Waals surface area (Å²) in [6.07, 6.45) is 0.579. The molecular weight excluding hydrogens is 280 g/mol. The minimum absolute atomic E-state index is 0.318. The summed E-state index contributed by atoms with van der Waals surface area (Å²) in [4.78, 5) is 12.6. The van der Waals surface area contributed by atoms with Crippen LogP contribution in [0.25, 0.3) is 0 Å². The van der Waals surface area contributed by atoms with E-state index in [4.69, 9.17) is 0 Å². The second-order valence-electron chi connectivity index (χ2n) is 3.28. The Bertz CT molecular complexity index is 307. The molecule has 0 aromatic carbocycles. The van der Waals surface area contributed by atoms with E-state index in [1.807, 2.05) is 12.1 Å². The van der Waals surface area contributed by atoms with Gasteiger partial charge in [0.25, 0.3) is 0 Å². The number of carbonyl (C=O) groups is 1. The zero-order valence-corrected chi connectivity index (χ0v) is 11.5. The zero-order valence-electron chi connectivity index (χ0n) is 8.25. The van der Waals surface area contributed by atoms with Crippen molar-refractivity contribution in [3.63, 3.8) is 0 Å². The first-order valence-corrected chi connectivity index (χ1v) is 7.11. The lowest BCUT2D eigenvalue weighted by molar-refractivity contribution is -0.115. The summed E-state index contributed by atoms with van der Waals surface area (Å²) in [5.41, 5.74) is 0. The molecule has 0 fully saturated rings. The third-order valence-electron chi connectivity index (χ3n) is 1.58. The molecule has 0 aliphatic heterocycles. The van der Waals surface area contributed by atoms with Gasteiger partial charge in [0.2, 0.25) is 0 Å². The normalized spacial score (nSPS) is 10.9. The topological polar surface area (TPSA) is 17.1 Å². The SMILES string of the molecule is CC(C)SCC(=O)Cc1ccc(Br)s1. The zero-order chi connectivity index (χ0) is 10.6. The van der Waals surface area contributed by atoms with Gasteiger partial charge in [0.05, 0.1) is 9.54 Å². The van der Waals surface area contributed by atoms with Crippen LogP contribution in [0, 0.1) is 0 Å². The standard InChI is InChI=1S/C10H13BrOS2/c1-7(2)13-6-8(12)5-9-3-4-10(11)14-9/h3-4,7H,5-6H2,1-2H3. The maximum atomic E-state index is 11.5. The Morgan fingerprint density at radius 2 is 2.29 bits per heavy atom. The van der Waals surface area contributed by atoms with Crippen LogP contribution < -0.4 is 0 Å². The van der Waals surface area contributed by atoms with Gasteiger partial charge in [-0.3, -0.25) is 4.79 Å². The summed E-state index contributed by atoms with van der Waals surface area (Å²) in [6, 6.07) is 4.00. The molecule has 0 unspecified atom stereocenters. The van der Waals surface area contributed by atoms with E-state index in [1.54, 1.807) is 23.1 Å². The molecule has 0 radical (unpaired) electrons. The Morgan fingerprint density at radius 3 is 2.79 bits per heavy atom. The lowest BCUT2D eigenvalue weighted by Gasteiger charge is -2.02. The second-order valence-corrected chi connectivity index (χ2v) is 7.39. The van der Waals surface area contributed by atoms with Crippen LogP contribution >= 0.6 is 39.0 Å². The predicted molar refractivity (Wildman–Crippen MR) is 68.3 cm³/mol. The number of hydrogen-bond donors (Lipinski definition) is 0. The average Bonchev–Trinajstić information content (AvgIpc) is 2.48. The molecule has 0 aliphatic carbocycles. The first-order valence-electron chi connectivity index (χ1n) is 4.45. The molecule has 4 heteroatoms. The van der Waals surface area contributed by atoms with Crippen molar-refractivity contribution in [1.29, 1.82) is 0 Å². The quantitative estimate of drug-likeness (QED) is 0.822. The Balaban J connectivity index is 2.34. The first-order chi connectivity index (χ1) is 6.58. The van der Waals surface area contributed by atoms with Gasteiger partial charge in [-0.2, -0.15) is 11.8 Å². The second kappa shape index (κ2) is 5.93. The van der Waals surface area contributed by atoms with E-state index < -0.39 is 0 Å². The number of thioether (sulfide) groups is 1. The lowest BCUT2D eigenvalue weighted by Crippen LogP contribution is -2.06. The van der Waals surface area contributed by atoms with Crippen LogP contribution in [0.15, 0.2) is 15.9 Å². The largest absolute Gasteiger partial charge is 0.298 e. The molecule has 1 nitrogen and oxygen atoms in total. The van der Waals surface area contributed by atoms with Crippen LogP contribution in [0.2, 0.25) is 0 Å². The maximum absolute atomic E-state index is 11.5. The number of rotatable bonds is 5. The molecule has 0 spiro atoms. The third-order valence-corrected chi connectivity index (χ3v) is 4.36. The fraction of sp³-hybridized carbons (Fsp3) is 0.500. The van der Waals surface area contributed by atoms with Gasteiger partial charge in [0.15, 0.2) is 0 Å². The van der Waals surface area contributed by atoms with Crippen LogP contribution in [0.1, 0.15) is 18.7 Å². The summed E-state index contributed by atoms with van der Waals surface area (Å²) < 4.78 is 1.09. The number of hydrogen-bond acceptors (Lipinski definition) is 3. The van der Waals surface area contributed by atoms with Crippen molar-refractivity contribution in [2.24, 2.45) is 0 Å². The van der Waals surface area contributed by atoms with Gasteiger partial charge in [0, 0.05) is 11.3 Å². The first kappa shape index (κ1) is 12.3. The smallest absolute Gasteiger partial charge is 0.147 e. The molecule has 1 aromatic rings. The Kier molecular flexibility index (Phi) is 5.20. The molecule has 0 saturated carbocycles. The summed E-state index contributed by atoms with van der Waals surface area (Å²) in [6.45, 7) is 4.22. The minimum Gasteiger partial charge on any atom is -0.298 e. The molecule has 1 heterocycles. The highest BCUT2D eigenvalue weighted by molar-refractivity contribution is 9.11. The van der Waals surface area contributed by atoms with Crippen LogP contribution in [0.5, 0.6) is 0 Å². The Labute approximate surface area is 101 Å². The van der Waals surface area contributed by atoms with Crippen molar-refractivity contribution in [2.45, 2.75) is 25.5 Å². The van der Waals surface area contributed by atoms with Crippen molar-refractivity contribution in [1.82, 2.24) is 0 Å². The summed E-state index contributed by atoms with van der Waals surface area (Å²) in [7, 11) is 0. The number of Topliss-reactive ketones (excluding diaryl/α,β-unsaturated/α-hetero) is 1. The van der Waals surface area contributed by atoms with Crippen molar-refractivity contribution in [3.05, 3.63) is 20.8 Å². The highest BCUT2D eigenvalue weighted by atomic mass is 79.9. The van der Waals surface area contributed by atoms with Gasteiger partial charge < -0.3 is 0 Å². The Morgan fingerprint density at radius 1 is 1.57 bits per heavy atom. The minimum atomic E-state index is 0.318. The number of halogens is 1. The highest BCUT2D eigenvalue weighted by Gasteiger charge is 2.07. The molecule has 14 heavy (non-hydrogen) atoms. The molecule has 1 rings (SSSR count). The van der Waals surface area contributed by atoms with Crippen molar-refractivity contribution < 1.29 is 4.79 Å². The number of carbonyl (C=O) groups excluding carboxylic acids is 1. The van der Waals surface area contributed by atoms with Crippen LogP contribution in [0.4, 0.5) is 0 Å². The van der Waals surface area contributed by atoms with Crippen molar-refractivity contribution in [2.75, 3.05) is 5.75 Å². The van der Waals surface area contributed by atoms with Gasteiger partial charge >= 0.3 is 0 Å². The average molecular weight is 293 g/mol. The molecule has 0 N–H and O–H groups in total. The fourth-order valence-electron chi connectivity index (χ4n) is 0.952. The molecule has 78 valence electrons. The molecule has 1 aromatic heterocycles. The van der Waals surface area contributed by atoms with Crippen LogP contribution in [0.3, 0.4) is 0 Å².